The Morgan fingerprint density at radius 3 is 2.62 bits per heavy atom. The SMILES string of the molecule is Cc1cn([C@H]2C[C@H](O)[C@@H](COS(=O)(=O)c3ccc([N+](=O)[O-])cc3)O2)c(=O)[nH]c1=O. The predicted molar refractivity (Wildman–Crippen MR) is 96.8 cm³/mol. The Balaban J connectivity index is 1.69. The number of rotatable bonds is 6. The molecule has 13 heteroatoms. The second kappa shape index (κ2) is 7.87. The molecule has 1 aromatic carbocycles. The third kappa shape index (κ3) is 4.42. The zero-order chi connectivity index (χ0) is 21.3. The van der Waals surface area contributed by atoms with E-state index in [1.54, 1.807) is 0 Å². The highest BCUT2D eigenvalue weighted by molar-refractivity contribution is 7.86. The van der Waals surface area contributed by atoms with E-state index < -0.39 is 51.3 Å². The fourth-order valence-electron chi connectivity index (χ4n) is 2.80. The largest absolute Gasteiger partial charge is 0.390 e. The Morgan fingerprint density at radius 1 is 1.34 bits per heavy atom. The molecule has 0 bridgehead atoms. The highest BCUT2D eigenvalue weighted by Crippen LogP contribution is 2.28. The lowest BCUT2D eigenvalue weighted by Gasteiger charge is -2.16. The first kappa shape index (κ1) is 20.9. The van der Waals surface area contributed by atoms with Gasteiger partial charge in [-0.1, -0.05) is 0 Å². The maximum atomic E-state index is 12.2. The quantitative estimate of drug-likeness (QED) is 0.360. The van der Waals surface area contributed by atoms with Crippen LogP contribution in [0, 0.1) is 17.0 Å². The predicted octanol–water partition coefficient (Wildman–Crippen LogP) is -0.193. The van der Waals surface area contributed by atoms with Crippen molar-refractivity contribution in [3.05, 3.63) is 67.0 Å². The molecule has 2 aromatic rings. The van der Waals surface area contributed by atoms with Crippen LogP contribution in [-0.2, 0) is 19.0 Å². The number of aryl methyl sites for hydroxylation is 1. The van der Waals surface area contributed by atoms with Gasteiger partial charge < -0.3 is 9.84 Å². The first-order chi connectivity index (χ1) is 13.6. The molecule has 2 N–H and O–H groups in total. The smallest absolute Gasteiger partial charge is 0.330 e. The van der Waals surface area contributed by atoms with E-state index in [0.717, 1.165) is 28.8 Å². The number of nitro groups is 1. The lowest BCUT2D eigenvalue weighted by Crippen LogP contribution is -2.33. The Kier molecular flexibility index (Phi) is 5.66. The average molecular weight is 427 g/mol. The van der Waals surface area contributed by atoms with Gasteiger partial charge in [-0.25, -0.2) is 4.79 Å². The van der Waals surface area contributed by atoms with Crippen LogP contribution in [0.25, 0.3) is 0 Å². The lowest BCUT2D eigenvalue weighted by atomic mass is 10.2. The van der Waals surface area contributed by atoms with E-state index in [4.69, 9.17) is 8.92 Å². The van der Waals surface area contributed by atoms with Crippen LogP contribution >= 0.6 is 0 Å². The normalized spacial score (nSPS) is 21.9. The molecule has 29 heavy (non-hydrogen) atoms. The molecule has 156 valence electrons. The molecule has 1 aliphatic rings. The number of nitrogens with one attached hydrogen (secondary N) is 1. The number of benzene rings is 1. The summed E-state index contributed by atoms with van der Waals surface area (Å²) in [5, 5.41) is 20.8. The number of ether oxygens (including phenoxy) is 1. The highest BCUT2D eigenvalue weighted by Gasteiger charge is 2.37. The summed E-state index contributed by atoms with van der Waals surface area (Å²) in [6, 6.07) is 4.12. The van der Waals surface area contributed by atoms with Crippen LogP contribution in [0.2, 0.25) is 0 Å². The van der Waals surface area contributed by atoms with Gasteiger partial charge in [0.15, 0.2) is 0 Å². The standard InChI is InChI=1S/C16H17N3O9S/c1-9-7-18(16(22)17-15(9)21)14-6-12(20)13(28-14)8-27-29(25,26)11-4-2-10(3-5-11)19(23)24/h2-5,7,12-14,20H,6,8H2,1H3,(H,17,21,22)/t12-,13+,14+/m0/s1. The Hall–Kier alpha value is -2.87. The van der Waals surface area contributed by atoms with E-state index in [0.29, 0.717) is 0 Å². The summed E-state index contributed by atoms with van der Waals surface area (Å²) in [5.41, 5.74) is -1.28. The van der Waals surface area contributed by atoms with Crippen molar-refractivity contribution >= 4 is 15.8 Å². The molecule has 1 aromatic heterocycles. The van der Waals surface area contributed by atoms with Crippen molar-refractivity contribution in [2.24, 2.45) is 0 Å². The van der Waals surface area contributed by atoms with Gasteiger partial charge >= 0.3 is 5.69 Å². The molecule has 1 aliphatic heterocycles. The molecule has 1 saturated heterocycles. The molecule has 0 unspecified atom stereocenters. The number of H-pyrrole nitrogens is 1. The number of aliphatic hydroxyl groups excluding tert-OH is 1. The van der Waals surface area contributed by atoms with E-state index in [-0.39, 0.29) is 22.6 Å². The van der Waals surface area contributed by atoms with E-state index in [2.05, 4.69) is 4.98 Å². The number of aliphatic hydroxyl groups is 1. The third-order valence-electron chi connectivity index (χ3n) is 4.38. The van der Waals surface area contributed by atoms with Crippen molar-refractivity contribution < 1.29 is 27.4 Å². The summed E-state index contributed by atoms with van der Waals surface area (Å²) in [4.78, 5) is 35.2. The van der Waals surface area contributed by atoms with Crippen LogP contribution in [0.1, 0.15) is 18.2 Å². The highest BCUT2D eigenvalue weighted by atomic mass is 32.2. The Bertz CT molecular complexity index is 1140. The summed E-state index contributed by atoms with van der Waals surface area (Å²) < 4.78 is 36.0. The molecule has 0 amide bonds. The second-order valence-electron chi connectivity index (χ2n) is 6.40. The van der Waals surface area contributed by atoms with E-state index in [1.807, 2.05) is 0 Å². The zero-order valence-electron chi connectivity index (χ0n) is 15.0. The van der Waals surface area contributed by atoms with Crippen LogP contribution in [0.5, 0.6) is 0 Å². The molecule has 1 fully saturated rings. The molecular weight excluding hydrogens is 410 g/mol. The fraction of sp³-hybridized carbons (Fsp3) is 0.375. The number of hydrogen-bond donors (Lipinski definition) is 2. The lowest BCUT2D eigenvalue weighted by molar-refractivity contribution is -0.384. The van der Waals surface area contributed by atoms with Crippen LogP contribution in [0.3, 0.4) is 0 Å². The van der Waals surface area contributed by atoms with Gasteiger partial charge in [-0.05, 0) is 19.1 Å². The molecule has 3 rings (SSSR count). The summed E-state index contributed by atoms with van der Waals surface area (Å²) in [5.74, 6) is 0. The van der Waals surface area contributed by atoms with Crippen molar-refractivity contribution in [2.45, 2.75) is 36.7 Å². The first-order valence-electron chi connectivity index (χ1n) is 8.38. The van der Waals surface area contributed by atoms with E-state index in [1.165, 1.54) is 13.1 Å². The van der Waals surface area contributed by atoms with Gasteiger partial charge in [0.2, 0.25) is 0 Å². The van der Waals surface area contributed by atoms with Gasteiger partial charge in [-0.2, -0.15) is 8.42 Å². The van der Waals surface area contributed by atoms with E-state index >= 15 is 0 Å². The molecule has 0 saturated carbocycles. The average Bonchev–Trinajstić information content (AvgIpc) is 3.03. The first-order valence-corrected chi connectivity index (χ1v) is 9.79. The summed E-state index contributed by atoms with van der Waals surface area (Å²) >= 11 is 0. The Labute approximate surface area is 163 Å². The molecule has 0 radical (unpaired) electrons. The fourth-order valence-corrected chi connectivity index (χ4v) is 3.71. The maximum absolute atomic E-state index is 12.2. The van der Waals surface area contributed by atoms with Gasteiger partial charge in [-0.15, -0.1) is 0 Å². The van der Waals surface area contributed by atoms with Crippen LogP contribution in [-0.4, -0.2) is 46.8 Å². The summed E-state index contributed by atoms with van der Waals surface area (Å²) in [7, 11) is -4.25. The van der Waals surface area contributed by atoms with Crippen LogP contribution in [0.4, 0.5) is 5.69 Å². The number of non-ortho nitro benzene ring substituents is 1. The van der Waals surface area contributed by atoms with Gasteiger partial charge in [0.25, 0.3) is 21.4 Å². The van der Waals surface area contributed by atoms with Crippen molar-refractivity contribution in [3.63, 3.8) is 0 Å². The van der Waals surface area contributed by atoms with Crippen LogP contribution in [0.15, 0.2) is 44.9 Å². The molecule has 2 heterocycles. The molecule has 0 aliphatic carbocycles. The third-order valence-corrected chi connectivity index (χ3v) is 5.68. The Morgan fingerprint density at radius 2 is 2.00 bits per heavy atom. The maximum Gasteiger partial charge on any atom is 0.330 e. The number of aromatic amines is 1. The van der Waals surface area contributed by atoms with Gasteiger partial charge in [0, 0.05) is 30.3 Å². The van der Waals surface area contributed by atoms with Gasteiger partial charge in [-0.3, -0.25) is 28.6 Å². The van der Waals surface area contributed by atoms with E-state index in [9.17, 15) is 33.2 Å². The zero-order valence-corrected chi connectivity index (χ0v) is 15.9. The van der Waals surface area contributed by atoms with Crippen LogP contribution < -0.4 is 11.2 Å². The number of nitrogens with zero attached hydrogens (tertiary/aromatic N) is 2. The van der Waals surface area contributed by atoms with Crippen molar-refractivity contribution in [1.29, 1.82) is 0 Å². The molecule has 3 atom stereocenters. The summed E-state index contributed by atoms with van der Waals surface area (Å²) in [6.45, 7) is 0.964. The van der Waals surface area contributed by atoms with Crippen molar-refractivity contribution in [1.82, 2.24) is 9.55 Å². The summed E-state index contributed by atoms with van der Waals surface area (Å²) in [6.07, 6.45) is -1.81. The molecular formula is C16H17N3O9S. The van der Waals surface area contributed by atoms with Gasteiger partial charge in [0.1, 0.15) is 12.3 Å². The topological polar surface area (TPSA) is 171 Å². The van der Waals surface area contributed by atoms with Crippen molar-refractivity contribution in [3.8, 4) is 0 Å². The minimum atomic E-state index is -4.25. The minimum Gasteiger partial charge on any atom is -0.390 e. The second-order valence-corrected chi connectivity index (χ2v) is 8.02. The minimum absolute atomic E-state index is 0.0169. The molecule has 12 nitrogen and oxygen atoms in total. The number of nitro benzene ring substituents is 1. The number of hydrogen-bond acceptors (Lipinski definition) is 9. The van der Waals surface area contributed by atoms with Crippen molar-refractivity contribution in [2.75, 3.05) is 6.61 Å². The number of aromatic nitrogens is 2. The van der Waals surface area contributed by atoms with Gasteiger partial charge in [0.05, 0.1) is 22.5 Å². The monoisotopic (exact) mass is 427 g/mol. The molecule has 0 spiro atoms.